The number of fused-ring (bicyclic) bond motifs is 1. The number of benzene rings is 1. The van der Waals surface area contributed by atoms with E-state index in [2.05, 4.69) is 10.2 Å². The fourth-order valence-electron chi connectivity index (χ4n) is 3.68. The Balaban J connectivity index is 1.56. The van der Waals surface area contributed by atoms with Gasteiger partial charge in [0.05, 0.1) is 0 Å². The van der Waals surface area contributed by atoms with Crippen LogP contribution in [0.3, 0.4) is 0 Å². The molecule has 2 aliphatic heterocycles. The molecule has 0 saturated carbocycles. The van der Waals surface area contributed by atoms with Crippen molar-refractivity contribution in [3.63, 3.8) is 0 Å². The molecule has 0 unspecified atom stereocenters. The number of carbonyl (C=O) groups excluding carboxylic acids is 1. The first-order valence-corrected chi connectivity index (χ1v) is 9.99. The SMILES string of the molecule is CC(C)(C)OC(=O)N1CCCC[C@]1(C)c1nnc([C@H]2COc3ccccc3O2)o1. The van der Waals surface area contributed by atoms with Gasteiger partial charge >= 0.3 is 6.09 Å². The molecule has 3 heterocycles. The standard InChI is InChI=1S/C21H27N3O5/c1-20(2,3)29-19(25)24-12-8-7-11-21(24,4)18-23-22-17(28-18)16-13-26-14-9-5-6-10-15(14)27-16/h5-6,9-10,16H,7-8,11-13H2,1-4H3/t16-,21-/m1/s1. The molecule has 2 aromatic rings. The van der Waals surface area contributed by atoms with Crippen molar-refractivity contribution in [2.45, 2.75) is 64.2 Å². The molecule has 4 rings (SSSR count). The number of piperidine rings is 1. The van der Waals surface area contributed by atoms with Crippen molar-refractivity contribution in [3.8, 4) is 11.5 Å². The van der Waals surface area contributed by atoms with Crippen LogP contribution >= 0.6 is 0 Å². The van der Waals surface area contributed by atoms with Crippen molar-refractivity contribution in [3.05, 3.63) is 36.0 Å². The molecule has 0 N–H and O–H groups in total. The molecule has 2 atom stereocenters. The lowest BCUT2D eigenvalue weighted by Crippen LogP contribution is -2.52. The van der Waals surface area contributed by atoms with Gasteiger partial charge in [0.2, 0.25) is 12.0 Å². The minimum Gasteiger partial charge on any atom is -0.485 e. The molecule has 1 aromatic heterocycles. The van der Waals surface area contributed by atoms with Crippen LogP contribution in [-0.2, 0) is 10.3 Å². The molecule has 0 spiro atoms. The number of likely N-dealkylation sites (tertiary alicyclic amines) is 1. The second-order valence-corrected chi connectivity index (χ2v) is 8.67. The van der Waals surface area contributed by atoms with Crippen molar-refractivity contribution in [1.29, 1.82) is 0 Å². The molecule has 0 radical (unpaired) electrons. The minimum atomic E-state index is -0.723. The fourth-order valence-corrected chi connectivity index (χ4v) is 3.68. The molecular weight excluding hydrogens is 374 g/mol. The van der Waals surface area contributed by atoms with Crippen LogP contribution in [0.2, 0.25) is 0 Å². The van der Waals surface area contributed by atoms with Crippen LogP contribution < -0.4 is 9.47 Å². The highest BCUT2D eigenvalue weighted by molar-refractivity contribution is 5.69. The molecule has 1 fully saturated rings. The first-order chi connectivity index (χ1) is 13.8. The Morgan fingerprint density at radius 2 is 1.97 bits per heavy atom. The summed E-state index contributed by atoms with van der Waals surface area (Å²) >= 11 is 0. The van der Waals surface area contributed by atoms with Crippen molar-refractivity contribution >= 4 is 6.09 Å². The van der Waals surface area contributed by atoms with E-state index in [-0.39, 0.29) is 12.7 Å². The normalized spacial score (nSPS) is 24.3. The Kier molecular flexibility index (Phi) is 4.88. The number of aromatic nitrogens is 2. The summed E-state index contributed by atoms with van der Waals surface area (Å²) in [6.07, 6.45) is 1.73. The molecular formula is C21H27N3O5. The lowest BCUT2D eigenvalue weighted by molar-refractivity contribution is -0.0211. The summed E-state index contributed by atoms with van der Waals surface area (Å²) < 4.78 is 23.3. The largest absolute Gasteiger partial charge is 0.485 e. The lowest BCUT2D eigenvalue weighted by Gasteiger charge is -2.42. The van der Waals surface area contributed by atoms with Gasteiger partial charge in [-0.3, -0.25) is 4.90 Å². The summed E-state index contributed by atoms with van der Waals surface area (Å²) in [4.78, 5) is 14.5. The van der Waals surface area contributed by atoms with E-state index in [9.17, 15) is 4.79 Å². The van der Waals surface area contributed by atoms with E-state index in [1.54, 1.807) is 4.90 Å². The second-order valence-electron chi connectivity index (χ2n) is 8.67. The summed E-state index contributed by atoms with van der Waals surface area (Å²) in [5.41, 5.74) is -1.30. The first kappa shape index (κ1) is 19.5. The topological polar surface area (TPSA) is 86.9 Å². The van der Waals surface area contributed by atoms with Gasteiger partial charge in [-0.15, -0.1) is 10.2 Å². The van der Waals surface area contributed by atoms with Crippen LogP contribution in [0.4, 0.5) is 4.79 Å². The van der Waals surface area contributed by atoms with Gasteiger partial charge in [-0.25, -0.2) is 4.79 Å². The monoisotopic (exact) mass is 401 g/mol. The third kappa shape index (κ3) is 3.88. The van der Waals surface area contributed by atoms with E-state index in [1.807, 2.05) is 52.0 Å². The quantitative estimate of drug-likeness (QED) is 0.744. The second kappa shape index (κ2) is 7.24. The maximum Gasteiger partial charge on any atom is 0.411 e. The number of carbonyl (C=O) groups is 1. The maximum absolute atomic E-state index is 12.8. The molecule has 1 saturated heterocycles. The van der Waals surface area contributed by atoms with Gasteiger partial charge in [0.25, 0.3) is 5.89 Å². The van der Waals surface area contributed by atoms with E-state index < -0.39 is 17.2 Å². The summed E-state index contributed by atoms with van der Waals surface area (Å²) in [5.74, 6) is 2.06. The number of para-hydroxylation sites is 2. The molecule has 0 bridgehead atoms. The zero-order chi connectivity index (χ0) is 20.6. The molecule has 0 aliphatic carbocycles. The third-order valence-corrected chi connectivity index (χ3v) is 5.19. The smallest absolute Gasteiger partial charge is 0.411 e. The van der Waals surface area contributed by atoms with Gasteiger partial charge in [0.1, 0.15) is 17.7 Å². The number of amides is 1. The van der Waals surface area contributed by atoms with Crippen molar-refractivity contribution < 1.29 is 23.4 Å². The van der Waals surface area contributed by atoms with E-state index in [0.29, 0.717) is 29.8 Å². The van der Waals surface area contributed by atoms with Crippen LogP contribution in [0.15, 0.2) is 28.7 Å². The molecule has 8 heteroatoms. The van der Waals surface area contributed by atoms with E-state index in [1.165, 1.54) is 0 Å². The molecule has 1 aromatic carbocycles. The van der Waals surface area contributed by atoms with Crippen molar-refractivity contribution in [2.24, 2.45) is 0 Å². The Morgan fingerprint density at radius 3 is 2.72 bits per heavy atom. The summed E-state index contributed by atoms with van der Waals surface area (Å²) in [6, 6.07) is 7.46. The zero-order valence-corrected chi connectivity index (χ0v) is 17.3. The average molecular weight is 401 g/mol. The lowest BCUT2D eigenvalue weighted by atomic mass is 9.88. The average Bonchev–Trinajstić information content (AvgIpc) is 3.17. The minimum absolute atomic E-state index is 0.283. The van der Waals surface area contributed by atoms with Crippen LogP contribution in [0.5, 0.6) is 11.5 Å². The molecule has 156 valence electrons. The van der Waals surface area contributed by atoms with E-state index in [4.69, 9.17) is 18.6 Å². The third-order valence-electron chi connectivity index (χ3n) is 5.19. The number of hydrogen-bond donors (Lipinski definition) is 0. The Hall–Kier alpha value is -2.77. The number of rotatable bonds is 2. The molecule has 29 heavy (non-hydrogen) atoms. The molecule has 1 amide bonds. The highest BCUT2D eigenvalue weighted by atomic mass is 16.6. The predicted molar refractivity (Wildman–Crippen MR) is 104 cm³/mol. The highest BCUT2D eigenvalue weighted by Crippen LogP contribution is 2.40. The van der Waals surface area contributed by atoms with Gasteiger partial charge in [-0.2, -0.15) is 0 Å². The van der Waals surface area contributed by atoms with Gasteiger partial charge < -0.3 is 18.6 Å². The van der Waals surface area contributed by atoms with Crippen LogP contribution in [-0.4, -0.2) is 39.9 Å². The van der Waals surface area contributed by atoms with Gasteiger partial charge in [0, 0.05) is 6.54 Å². The van der Waals surface area contributed by atoms with Gasteiger partial charge in [-0.05, 0) is 59.1 Å². The van der Waals surface area contributed by atoms with Crippen LogP contribution in [0.1, 0.15) is 64.8 Å². The highest BCUT2D eigenvalue weighted by Gasteiger charge is 2.45. The maximum atomic E-state index is 12.8. The zero-order valence-electron chi connectivity index (χ0n) is 17.3. The predicted octanol–water partition coefficient (Wildman–Crippen LogP) is 4.22. The molecule has 8 nitrogen and oxygen atoms in total. The summed E-state index contributed by atoms with van der Waals surface area (Å²) in [5, 5.41) is 8.47. The van der Waals surface area contributed by atoms with E-state index in [0.717, 1.165) is 19.3 Å². The number of ether oxygens (including phenoxy) is 3. The van der Waals surface area contributed by atoms with Crippen LogP contribution in [0, 0.1) is 0 Å². The summed E-state index contributed by atoms with van der Waals surface area (Å²) in [7, 11) is 0. The van der Waals surface area contributed by atoms with Crippen molar-refractivity contribution in [1.82, 2.24) is 15.1 Å². The van der Waals surface area contributed by atoms with E-state index >= 15 is 0 Å². The van der Waals surface area contributed by atoms with Gasteiger partial charge in [-0.1, -0.05) is 12.1 Å². The van der Waals surface area contributed by atoms with Gasteiger partial charge in [0.15, 0.2) is 11.5 Å². The Bertz CT molecular complexity index is 890. The number of hydrogen-bond acceptors (Lipinski definition) is 7. The van der Waals surface area contributed by atoms with Crippen LogP contribution in [0.25, 0.3) is 0 Å². The summed E-state index contributed by atoms with van der Waals surface area (Å²) in [6.45, 7) is 8.38. The fraction of sp³-hybridized carbons (Fsp3) is 0.571. The first-order valence-electron chi connectivity index (χ1n) is 9.99. The number of nitrogens with zero attached hydrogens (tertiary/aromatic N) is 3. The molecule has 2 aliphatic rings. The Morgan fingerprint density at radius 1 is 1.21 bits per heavy atom. The Labute approximate surface area is 170 Å². The van der Waals surface area contributed by atoms with Crippen molar-refractivity contribution in [2.75, 3.05) is 13.2 Å².